The van der Waals surface area contributed by atoms with Gasteiger partial charge in [0.2, 0.25) is 10.0 Å². The summed E-state index contributed by atoms with van der Waals surface area (Å²) in [4.78, 5) is 16.2. The van der Waals surface area contributed by atoms with Gasteiger partial charge in [-0.2, -0.15) is 0 Å². The molecule has 0 spiro atoms. The molecular weight excluding hydrogens is 446 g/mol. The monoisotopic (exact) mass is 467 g/mol. The Hall–Kier alpha value is -3.13. The number of carbonyl (C=O) groups excluding carboxylic acids is 1. The largest absolute Gasteiger partial charge is 0.361 e. The first kappa shape index (κ1) is 22.1. The molecule has 1 amide bonds. The maximum absolute atomic E-state index is 12.8. The standard InChI is InChI=1S/C24H22ClN3O3S/c1-26-32(30,31)17-12-10-16(11-13-17)24(29)28-15-20(18-6-2-4-8-22(18)25)21-14-27-23-9-5-3-7-19(21)23/h2-14,20,26-27H,15H2,1H3,(H,28,29). The van der Waals surface area contributed by atoms with Gasteiger partial charge in [-0.25, -0.2) is 13.1 Å². The van der Waals surface area contributed by atoms with Crippen molar-refractivity contribution >= 4 is 38.4 Å². The first-order valence-electron chi connectivity index (χ1n) is 10.0. The van der Waals surface area contributed by atoms with E-state index in [4.69, 9.17) is 11.6 Å². The second kappa shape index (κ2) is 9.16. The van der Waals surface area contributed by atoms with Crippen molar-refractivity contribution in [3.8, 4) is 0 Å². The molecule has 32 heavy (non-hydrogen) atoms. The number of rotatable bonds is 7. The van der Waals surface area contributed by atoms with Crippen LogP contribution in [0.4, 0.5) is 0 Å². The van der Waals surface area contributed by atoms with E-state index in [0.29, 0.717) is 17.1 Å². The lowest BCUT2D eigenvalue weighted by Gasteiger charge is -2.19. The van der Waals surface area contributed by atoms with Crippen molar-refractivity contribution in [2.24, 2.45) is 0 Å². The highest BCUT2D eigenvalue weighted by atomic mass is 35.5. The lowest BCUT2D eigenvalue weighted by Crippen LogP contribution is -2.29. The van der Waals surface area contributed by atoms with E-state index in [-0.39, 0.29) is 16.7 Å². The molecule has 164 valence electrons. The number of halogens is 1. The van der Waals surface area contributed by atoms with Crippen LogP contribution in [-0.4, -0.2) is 32.9 Å². The van der Waals surface area contributed by atoms with Crippen LogP contribution in [-0.2, 0) is 10.0 Å². The molecule has 1 atom stereocenters. The molecule has 1 heterocycles. The highest BCUT2D eigenvalue weighted by Gasteiger charge is 2.21. The summed E-state index contributed by atoms with van der Waals surface area (Å²) in [6.07, 6.45) is 1.95. The number of aromatic amines is 1. The summed E-state index contributed by atoms with van der Waals surface area (Å²) in [5.41, 5.74) is 3.32. The number of sulfonamides is 1. The van der Waals surface area contributed by atoms with E-state index < -0.39 is 10.0 Å². The summed E-state index contributed by atoms with van der Waals surface area (Å²) in [6, 6.07) is 21.4. The van der Waals surface area contributed by atoms with Crippen molar-refractivity contribution in [2.45, 2.75) is 10.8 Å². The van der Waals surface area contributed by atoms with Crippen LogP contribution in [0.25, 0.3) is 10.9 Å². The van der Waals surface area contributed by atoms with Crippen LogP contribution >= 0.6 is 11.6 Å². The maximum Gasteiger partial charge on any atom is 0.251 e. The van der Waals surface area contributed by atoms with Gasteiger partial charge in [0.15, 0.2) is 0 Å². The Balaban J connectivity index is 1.61. The average molecular weight is 468 g/mol. The Bertz CT molecular complexity index is 1360. The number of hydrogen-bond acceptors (Lipinski definition) is 3. The number of para-hydroxylation sites is 1. The molecule has 0 aliphatic carbocycles. The average Bonchev–Trinajstić information content (AvgIpc) is 3.24. The van der Waals surface area contributed by atoms with Gasteiger partial charge in [0.05, 0.1) is 4.90 Å². The molecule has 4 aromatic rings. The third-order valence-electron chi connectivity index (χ3n) is 5.44. The van der Waals surface area contributed by atoms with Gasteiger partial charge in [-0.1, -0.05) is 48.0 Å². The third-order valence-corrected chi connectivity index (χ3v) is 7.21. The molecule has 1 unspecified atom stereocenters. The Morgan fingerprint density at radius 2 is 1.66 bits per heavy atom. The van der Waals surface area contributed by atoms with E-state index in [2.05, 4.69) is 15.0 Å². The fourth-order valence-corrected chi connectivity index (χ4v) is 4.73. The Morgan fingerprint density at radius 1 is 0.969 bits per heavy atom. The van der Waals surface area contributed by atoms with Gasteiger partial charge >= 0.3 is 0 Å². The van der Waals surface area contributed by atoms with Crippen molar-refractivity contribution in [2.75, 3.05) is 13.6 Å². The van der Waals surface area contributed by atoms with Gasteiger partial charge in [0, 0.05) is 40.1 Å². The number of carbonyl (C=O) groups is 1. The predicted octanol–water partition coefficient (Wildman–Crippen LogP) is 4.29. The molecule has 0 bridgehead atoms. The summed E-state index contributed by atoms with van der Waals surface area (Å²) in [6.45, 7) is 0.320. The van der Waals surface area contributed by atoms with E-state index in [1.807, 2.05) is 54.7 Å². The van der Waals surface area contributed by atoms with Crippen molar-refractivity contribution in [3.05, 3.63) is 101 Å². The Morgan fingerprint density at radius 3 is 2.38 bits per heavy atom. The molecule has 3 aromatic carbocycles. The summed E-state index contributed by atoms with van der Waals surface area (Å²) < 4.78 is 26.1. The zero-order chi connectivity index (χ0) is 22.7. The fraction of sp³-hybridized carbons (Fsp3) is 0.125. The van der Waals surface area contributed by atoms with Crippen molar-refractivity contribution in [1.82, 2.24) is 15.0 Å². The van der Waals surface area contributed by atoms with Gasteiger partial charge in [-0.15, -0.1) is 0 Å². The summed E-state index contributed by atoms with van der Waals surface area (Å²) in [5, 5.41) is 4.66. The first-order chi connectivity index (χ1) is 15.4. The smallest absolute Gasteiger partial charge is 0.251 e. The van der Waals surface area contributed by atoms with Crippen LogP contribution in [0.2, 0.25) is 5.02 Å². The maximum atomic E-state index is 12.8. The van der Waals surface area contributed by atoms with Crippen LogP contribution in [0.1, 0.15) is 27.4 Å². The second-order valence-corrected chi connectivity index (χ2v) is 9.60. The van der Waals surface area contributed by atoms with Crippen LogP contribution in [0.5, 0.6) is 0 Å². The van der Waals surface area contributed by atoms with Gasteiger partial charge in [0.1, 0.15) is 0 Å². The number of hydrogen-bond donors (Lipinski definition) is 3. The number of fused-ring (bicyclic) bond motifs is 1. The Kier molecular flexibility index (Phi) is 6.32. The van der Waals surface area contributed by atoms with Crippen LogP contribution in [0, 0.1) is 0 Å². The van der Waals surface area contributed by atoms with Crippen LogP contribution < -0.4 is 10.0 Å². The van der Waals surface area contributed by atoms with Gasteiger partial charge in [-0.3, -0.25) is 4.79 Å². The topological polar surface area (TPSA) is 91.1 Å². The van der Waals surface area contributed by atoms with Crippen molar-refractivity contribution in [1.29, 1.82) is 0 Å². The zero-order valence-electron chi connectivity index (χ0n) is 17.3. The minimum Gasteiger partial charge on any atom is -0.361 e. The second-order valence-electron chi connectivity index (χ2n) is 7.31. The van der Waals surface area contributed by atoms with Crippen LogP contribution in [0.15, 0.2) is 83.9 Å². The number of nitrogens with one attached hydrogen (secondary N) is 3. The quantitative estimate of drug-likeness (QED) is 0.378. The molecule has 6 nitrogen and oxygen atoms in total. The lowest BCUT2D eigenvalue weighted by molar-refractivity contribution is 0.0952. The number of benzene rings is 3. The highest BCUT2D eigenvalue weighted by Crippen LogP contribution is 2.34. The van der Waals surface area contributed by atoms with Gasteiger partial charge in [0.25, 0.3) is 5.91 Å². The predicted molar refractivity (Wildman–Crippen MR) is 127 cm³/mol. The molecule has 3 N–H and O–H groups in total. The van der Waals surface area contributed by atoms with E-state index in [9.17, 15) is 13.2 Å². The molecule has 8 heteroatoms. The van der Waals surface area contributed by atoms with E-state index in [1.165, 1.54) is 31.3 Å². The SMILES string of the molecule is CNS(=O)(=O)c1ccc(C(=O)NCC(c2ccccc2Cl)c2c[nH]c3ccccc23)cc1. The molecule has 0 saturated heterocycles. The molecule has 0 fully saturated rings. The first-order valence-corrected chi connectivity index (χ1v) is 11.9. The van der Waals surface area contributed by atoms with Crippen molar-refractivity contribution in [3.63, 3.8) is 0 Å². The zero-order valence-corrected chi connectivity index (χ0v) is 18.9. The molecular formula is C24H22ClN3O3S. The van der Waals surface area contributed by atoms with Gasteiger partial charge < -0.3 is 10.3 Å². The van der Waals surface area contributed by atoms with Crippen LogP contribution in [0.3, 0.4) is 0 Å². The summed E-state index contributed by atoms with van der Waals surface area (Å²) in [7, 11) is -2.21. The molecule has 0 aliphatic heterocycles. The molecule has 4 rings (SSSR count). The number of amides is 1. The summed E-state index contributed by atoms with van der Waals surface area (Å²) >= 11 is 6.51. The normalized spacial score (nSPS) is 12.6. The molecule has 0 radical (unpaired) electrons. The van der Waals surface area contributed by atoms with Gasteiger partial charge in [-0.05, 0) is 54.6 Å². The third kappa shape index (κ3) is 4.41. The number of aromatic nitrogens is 1. The molecule has 0 aliphatic rings. The summed E-state index contributed by atoms with van der Waals surface area (Å²) in [5.74, 6) is -0.469. The molecule has 1 aromatic heterocycles. The highest BCUT2D eigenvalue weighted by molar-refractivity contribution is 7.89. The van der Waals surface area contributed by atoms with Crippen molar-refractivity contribution < 1.29 is 13.2 Å². The van der Waals surface area contributed by atoms with E-state index in [0.717, 1.165) is 22.0 Å². The Labute approximate surface area is 191 Å². The van der Waals surface area contributed by atoms with E-state index >= 15 is 0 Å². The van der Waals surface area contributed by atoms with E-state index in [1.54, 1.807) is 0 Å². The minimum atomic E-state index is -3.56. The number of H-pyrrole nitrogens is 1. The fourth-order valence-electron chi connectivity index (χ4n) is 3.73. The molecule has 0 saturated carbocycles. The lowest BCUT2D eigenvalue weighted by atomic mass is 9.90. The minimum absolute atomic E-state index is 0.101.